The van der Waals surface area contributed by atoms with Crippen molar-refractivity contribution in [1.29, 1.82) is 0 Å². The van der Waals surface area contributed by atoms with Gasteiger partial charge in [0.05, 0.1) is 0 Å². The predicted octanol–water partition coefficient (Wildman–Crippen LogP) is 2.47. The van der Waals surface area contributed by atoms with Crippen LogP contribution in [0, 0.1) is 5.82 Å². The monoisotopic (exact) mass is 206 g/mol. The summed E-state index contributed by atoms with van der Waals surface area (Å²) in [6.07, 6.45) is 3.69. The number of aromatic nitrogens is 1. The second-order valence-corrected chi connectivity index (χ2v) is 3.24. The quantitative estimate of drug-likeness (QED) is 0.675. The third kappa shape index (κ3) is 2.28. The number of aromatic hydroxyl groups is 1. The maximum Gasteiger partial charge on any atom is 0.166 e. The molecule has 0 fully saturated rings. The van der Waals surface area contributed by atoms with E-state index in [0.29, 0.717) is 12.2 Å². The average molecular weight is 206 g/mol. The first kappa shape index (κ1) is 9.58. The normalized spacial score (nSPS) is 10.2. The van der Waals surface area contributed by atoms with Crippen LogP contribution < -0.4 is 5.32 Å². The molecule has 78 valence electrons. The number of H-pyrrole nitrogens is 1. The maximum absolute atomic E-state index is 12.9. The van der Waals surface area contributed by atoms with E-state index in [4.69, 9.17) is 5.11 Å². The van der Waals surface area contributed by atoms with Gasteiger partial charge in [-0.3, -0.25) is 0 Å². The van der Waals surface area contributed by atoms with E-state index in [-0.39, 0.29) is 5.75 Å². The zero-order chi connectivity index (χ0) is 10.7. The molecule has 2 rings (SSSR count). The van der Waals surface area contributed by atoms with Gasteiger partial charge in [-0.1, -0.05) is 0 Å². The van der Waals surface area contributed by atoms with Crippen molar-refractivity contribution in [1.82, 2.24) is 4.98 Å². The van der Waals surface area contributed by atoms with E-state index in [1.54, 1.807) is 6.07 Å². The van der Waals surface area contributed by atoms with Gasteiger partial charge in [0.1, 0.15) is 0 Å². The maximum atomic E-state index is 12.9. The summed E-state index contributed by atoms with van der Waals surface area (Å²) in [5.74, 6) is -0.948. The number of hydrogen-bond acceptors (Lipinski definition) is 2. The van der Waals surface area contributed by atoms with Crippen LogP contribution in [0.25, 0.3) is 0 Å². The van der Waals surface area contributed by atoms with Gasteiger partial charge in [0.25, 0.3) is 0 Å². The second-order valence-electron chi connectivity index (χ2n) is 3.24. The zero-order valence-electron chi connectivity index (χ0n) is 8.00. The van der Waals surface area contributed by atoms with E-state index in [2.05, 4.69) is 10.3 Å². The summed E-state index contributed by atoms with van der Waals surface area (Å²) in [6, 6.07) is 6.16. The Labute approximate surface area is 86.6 Å². The highest BCUT2D eigenvalue weighted by molar-refractivity contribution is 5.47. The van der Waals surface area contributed by atoms with Crippen LogP contribution in [0.3, 0.4) is 0 Å². The van der Waals surface area contributed by atoms with Gasteiger partial charge in [-0.15, -0.1) is 0 Å². The Morgan fingerprint density at radius 1 is 1.33 bits per heavy atom. The van der Waals surface area contributed by atoms with Gasteiger partial charge in [-0.25, -0.2) is 4.39 Å². The molecule has 0 atom stereocenters. The van der Waals surface area contributed by atoms with Crippen LogP contribution in [0.5, 0.6) is 5.75 Å². The SMILES string of the molecule is Oc1ccc(NCc2cc[nH]c2)cc1F. The number of phenols is 1. The van der Waals surface area contributed by atoms with E-state index in [9.17, 15) is 4.39 Å². The molecule has 1 aromatic carbocycles. The lowest BCUT2D eigenvalue weighted by molar-refractivity contribution is 0.432. The third-order valence-corrected chi connectivity index (χ3v) is 2.11. The van der Waals surface area contributed by atoms with E-state index < -0.39 is 5.82 Å². The van der Waals surface area contributed by atoms with Gasteiger partial charge in [0.15, 0.2) is 11.6 Å². The summed E-state index contributed by atoms with van der Waals surface area (Å²) in [5, 5.41) is 12.0. The Kier molecular flexibility index (Phi) is 2.58. The number of halogens is 1. The Balaban J connectivity index is 2.02. The minimum atomic E-state index is -0.617. The molecule has 0 aliphatic heterocycles. The summed E-state index contributed by atoms with van der Waals surface area (Å²) in [6.45, 7) is 0.619. The van der Waals surface area contributed by atoms with Crippen LogP contribution in [0.2, 0.25) is 0 Å². The van der Waals surface area contributed by atoms with E-state index in [1.165, 1.54) is 12.1 Å². The number of hydrogen-bond donors (Lipinski definition) is 3. The van der Waals surface area contributed by atoms with Crippen molar-refractivity contribution < 1.29 is 9.50 Å². The number of phenolic OH excluding ortho intramolecular Hbond substituents is 1. The molecular weight excluding hydrogens is 195 g/mol. The van der Waals surface area contributed by atoms with Crippen LogP contribution in [-0.2, 0) is 6.54 Å². The lowest BCUT2D eigenvalue weighted by Crippen LogP contribution is -1.98. The Morgan fingerprint density at radius 2 is 2.20 bits per heavy atom. The Hall–Kier alpha value is -1.97. The number of aromatic amines is 1. The molecule has 0 aliphatic rings. The van der Waals surface area contributed by atoms with Gasteiger partial charge in [-0.05, 0) is 23.8 Å². The third-order valence-electron chi connectivity index (χ3n) is 2.11. The first-order valence-corrected chi connectivity index (χ1v) is 4.60. The van der Waals surface area contributed by atoms with Gasteiger partial charge >= 0.3 is 0 Å². The summed E-state index contributed by atoms with van der Waals surface area (Å²) in [5.41, 5.74) is 1.73. The molecule has 0 spiro atoms. The molecule has 1 aromatic heterocycles. The zero-order valence-corrected chi connectivity index (χ0v) is 8.00. The highest BCUT2D eigenvalue weighted by Crippen LogP contribution is 2.19. The lowest BCUT2D eigenvalue weighted by atomic mass is 10.2. The van der Waals surface area contributed by atoms with Crippen LogP contribution in [-0.4, -0.2) is 10.1 Å². The lowest BCUT2D eigenvalue weighted by Gasteiger charge is -2.05. The van der Waals surface area contributed by atoms with Crippen molar-refractivity contribution in [3.05, 3.63) is 48.0 Å². The molecule has 3 N–H and O–H groups in total. The summed E-state index contributed by atoms with van der Waals surface area (Å²) in [4.78, 5) is 2.93. The van der Waals surface area contributed by atoms with Crippen molar-refractivity contribution in [2.24, 2.45) is 0 Å². The van der Waals surface area contributed by atoms with Gasteiger partial charge in [0, 0.05) is 30.7 Å². The molecule has 0 amide bonds. The molecule has 0 saturated heterocycles. The molecule has 2 aromatic rings. The molecule has 3 nitrogen and oxygen atoms in total. The van der Waals surface area contributed by atoms with E-state index >= 15 is 0 Å². The van der Waals surface area contributed by atoms with Crippen LogP contribution >= 0.6 is 0 Å². The standard InChI is InChI=1S/C11H11FN2O/c12-10-5-9(1-2-11(10)15)14-7-8-3-4-13-6-8/h1-6,13-15H,7H2. The van der Waals surface area contributed by atoms with E-state index in [1.807, 2.05) is 18.5 Å². The fraction of sp³-hybridized carbons (Fsp3) is 0.0909. The summed E-state index contributed by atoms with van der Waals surface area (Å²) >= 11 is 0. The van der Waals surface area contributed by atoms with Crippen LogP contribution in [0.15, 0.2) is 36.7 Å². The minimum absolute atomic E-state index is 0.331. The highest BCUT2D eigenvalue weighted by atomic mass is 19.1. The molecule has 0 saturated carbocycles. The number of benzene rings is 1. The summed E-state index contributed by atoms with van der Waals surface area (Å²) < 4.78 is 12.9. The Morgan fingerprint density at radius 3 is 2.87 bits per heavy atom. The largest absolute Gasteiger partial charge is 0.505 e. The molecule has 0 unspecified atom stereocenters. The minimum Gasteiger partial charge on any atom is -0.505 e. The first-order chi connectivity index (χ1) is 7.25. The van der Waals surface area contributed by atoms with Crippen molar-refractivity contribution in [2.45, 2.75) is 6.54 Å². The van der Waals surface area contributed by atoms with Gasteiger partial charge in [0.2, 0.25) is 0 Å². The topological polar surface area (TPSA) is 48.0 Å². The molecular formula is C11H11FN2O. The van der Waals surface area contributed by atoms with Crippen LogP contribution in [0.1, 0.15) is 5.56 Å². The molecule has 15 heavy (non-hydrogen) atoms. The number of anilines is 1. The van der Waals surface area contributed by atoms with Crippen molar-refractivity contribution >= 4 is 5.69 Å². The molecule has 4 heteroatoms. The van der Waals surface area contributed by atoms with Gasteiger partial charge in [-0.2, -0.15) is 0 Å². The molecule has 0 radical (unpaired) electrons. The number of nitrogens with one attached hydrogen (secondary N) is 2. The fourth-order valence-electron chi connectivity index (χ4n) is 1.29. The molecule has 1 heterocycles. The molecule has 0 aliphatic carbocycles. The number of rotatable bonds is 3. The van der Waals surface area contributed by atoms with Crippen molar-refractivity contribution in [2.75, 3.05) is 5.32 Å². The van der Waals surface area contributed by atoms with Gasteiger partial charge < -0.3 is 15.4 Å². The average Bonchev–Trinajstić information content (AvgIpc) is 2.73. The van der Waals surface area contributed by atoms with Crippen molar-refractivity contribution in [3.63, 3.8) is 0 Å². The van der Waals surface area contributed by atoms with Crippen LogP contribution in [0.4, 0.5) is 10.1 Å². The highest BCUT2D eigenvalue weighted by Gasteiger charge is 2.01. The second kappa shape index (κ2) is 4.04. The Bertz CT molecular complexity index is 440. The first-order valence-electron chi connectivity index (χ1n) is 4.60. The van der Waals surface area contributed by atoms with E-state index in [0.717, 1.165) is 5.56 Å². The predicted molar refractivity (Wildman–Crippen MR) is 56.2 cm³/mol. The fourth-order valence-corrected chi connectivity index (χ4v) is 1.29. The smallest absolute Gasteiger partial charge is 0.166 e. The summed E-state index contributed by atoms with van der Waals surface area (Å²) in [7, 11) is 0. The molecule has 0 bridgehead atoms. The van der Waals surface area contributed by atoms with Crippen molar-refractivity contribution in [3.8, 4) is 5.75 Å².